The summed E-state index contributed by atoms with van der Waals surface area (Å²) >= 11 is 0. The largest absolute Gasteiger partial charge is 0.486 e. The average Bonchev–Trinajstić information content (AvgIpc) is 3.37. The number of nitrogens with zero attached hydrogens (tertiary/aromatic N) is 5. The van der Waals surface area contributed by atoms with Crippen molar-refractivity contribution in [3.63, 3.8) is 0 Å². The van der Waals surface area contributed by atoms with Crippen molar-refractivity contribution in [1.29, 1.82) is 0 Å². The zero-order chi connectivity index (χ0) is 25.0. The van der Waals surface area contributed by atoms with Crippen molar-refractivity contribution < 1.29 is 18.3 Å². The number of anilines is 2. The molecular weight excluding hydrogens is 472 g/mol. The van der Waals surface area contributed by atoms with Gasteiger partial charge in [-0.3, -0.25) is 14.5 Å². The first kappa shape index (κ1) is 21.8. The fourth-order valence-corrected chi connectivity index (χ4v) is 4.26. The first-order chi connectivity index (χ1) is 17.4. The Bertz CT molecular complexity index is 1700. The molecule has 0 amide bonds. The van der Waals surface area contributed by atoms with Crippen LogP contribution in [0, 0.1) is 11.6 Å². The van der Waals surface area contributed by atoms with Gasteiger partial charge in [0.15, 0.2) is 34.9 Å². The van der Waals surface area contributed by atoms with Gasteiger partial charge in [0.1, 0.15) is 6.61 Å². The number of hydrogen-bond acceptors (Lipinski definition) is 8. The number of H-pyrrole nitrogens is 1. The maximum atomic E-state index is 14.8. The van der Waals surface area contributed by atoms with Gasteiger partial charge in [0.05, 0.1) is 34.7 Å². The van der Waals surface area contributed by atoms with E-state index in [1.807, 2.05) is 0 Å². The Morgan fingerprint density at radius 1 is 1.19 bits per heavy atom. The summed E-state index contributed by atoms with van der Waals surface area (Å²) in [7, 11) is 1.75. The summed E-state index contributed by atoms with van der Waals surface area (Å²) in [5.74, 6) is -0.851. The van der Waals surface area contributed by atoms with E-state index in [4.69, 9.17) is 15.2 Å². The van der Waals surface area contributed by atoms with Crippen molar-refractivity contribution in [1.82, 2.24) is 24.7 Å². The van der Waals surface area contributed by atoms with Crippen LogP contribution in [0.15, 0.2) is 53.6 Å². The summed E-state index contributed by atoms with van der Waals surface area (Å²) in [5, 5.41) is 7.32. The lowest BCUT2D eigenvalue weighted by molar-refractivity contribution is 0.0959. The molecule has 3 N–H and O–H groups in total. The quantitative estimate of drug-likeness (QED) is 0.368. The molecule has 1 unspecified atom stereocenters. The number of likely N-dealkylation sites (N-methyl/N-ethyl adjacent to an activating group) is 1. The second kappa shape index (κ2) is 8.18. The molecule has 2 aromatic carbocycles. The number of pyridine rings is 1. The van der Waals surface area contributed by atoms with Crippen LogP contribution in [0.1, 0.15) is 0 Å². The van der Waals surface area contributed by atoms with Crippen LogP contribution < -0.4 is 25.7 Å². The number of rotatable bonds is 4. The van der Waals surface area contributed by atoms with Crippen LogP contribution in [-0.2, 0) is 0 Å². The first-order valence-corrected chi connectivity index (χ1v) is 11.0. The van der Waals surface area contributed by atoms with Gasteiger partial charge in [-0.1, -0.05) is 6.07 Å². The highest BCUT2D eigenvalue weighted by molar-refractivity contribution is 6.02. The van der Waals surface area contributed by atoms with Crippen LogP contribution in [0.3, 0.4) is 0 Å². The van der Waals surface area contributed by atoms with Crippen molar-refractivity contribution in [2.24, 2.45) is 0 Å². The maximum Gasteiger partial charge on any atom is 0.267 e. The summed E-state index contributed by atoms with van der Waals surface area (Å²) in [6, 6.07) is 8.78. The Morgan fingerprint density at radius 3 is 2.92 bits per heavy atom. The molecule has 0 saturated carbocycles. The van der Waals surface area contributed by atoms with E-state index in [0.29, 0.717) is 34.6 Å². The fourth-order valence-electron chi connectivity index (χ4n) is 4.26. The van der Waals surface area contributed by atoms with Gasteiger partial charge in [0.2, 0.25) is 5.95 Å². The number of benzene rings is 2. The van der Waals surface area contributed by atoms with Crippen LogP contribution in [-0.4, -0.2) is 51.0 Å². The number of nitrogens with two attached hydrogens (primary N) is 1. The highest BCUT2D eigenvalue weighted by Crippen LogP contribution is 2.33. The summed E-state index contributed by atoms with van der Waals surface area (Å²) in [6.45, 7) is 0.628. The second-order valence-electron chi connectivity index (χ2n) is 8.42. The molecule has 1 aliphatic heterocycles. The minimum absolute atomic E-state index is 0.0970. The van der Waals surface area contributed by atoms with E-state index in [0.717, 1.165) is 10.6 Å². The zero-order valence-electron chi connectivity index (χ0n) is 18.9. The van der Waals surface area contributed by atoms with Gasteiger partial charge in [0.25, 0.3) is 5.56 Å². The van der Waals surface area contributed by atoms with E-state index in [-0.39, 0.29) is 35.4 Å². The Balaban J connectivity index is 1.42. The van der Waals surface area contributed by atoms with Crippen molar-refractivity contribution in [2.45, 2.75) is 6.10 Å². The molecule has 1 aliphatic rings. The van der Waals surface area contributed by atoms with Crippen molar-refractivity contribution >= 4 is 33.6 Å². The van der Waals surface area contributed by atoms with Crippen LogP contribution >= 0.6 is 0 Å². The molecule has 12 heteroatoms. The number of ether oxygens (including phenoxy) is 2. The lowest BCUT2D eigenvalue weighted by atomic mass is 10.2. The van der Waals surface area contributed by atoms with Crippen LogP contribution in [0.25, 0.3) is 27.6 Å². The minimum Gasteiger partial charge on any atom is -0.486 e. The average molecular weight is 491 g/mol. The number of halogens is 2. The SMILES string of the molecule is CN(CC1COc2cc(N)ccc2O1)c1ncc2c3[nH]ncc3c(=O)n(-c3cccc(F)c3F)c2n1. The lowest BCUT2D eigenvalue weighted by Crippen LogP contribution is -2.40. The third-order valence-corrected chi connectivity index (χ3v) is 5.99. The van der Waals surface area contributed by atoms with E-state index in [9.17, 15) is 13.6 Å². The molecule has 5 aromatic rings. The van der Waals surface area contributed by atoms with Gasteiger partial charge >= 0.3 is 0 Å². The van der Waals surface area contributed by atoms with E-state index in [2.05, 4.69) is 20.2 Å². The minimum atomic E-state index is -1.16. The molecular formula is C24H19F2N7O3. The van der Waals surface area contributed by atoms with Gasteiger partial charge in [0, 0.05) is 25.0 Å². The van der Waals surface area contributed by atoms with Gasteiger partial charge in [-0.05, 0) is 24.3 Å². The first-order valence-electron chi connectivity index (χ1n) is 11.0. The molecule has 0 fully saturated rings. The molecule has 0 spiro atoms. The smallest absolute Gasteiger partial charge is 0.267 e. The van der Waals surface area contributed by atoms with E-state index in [1.54, 1.807) is 30.1 Å². The normalized spacial score (nSPS) is 14.9. The molecule has 6 rings (SSSR count). The van der Waals surface area contributed by atoms with E-state index in [1.165, 1.54) is 24.5 Å². The fraction of sp³-hybridized carbons (Fsp3) is 0.167. The predicted octanol–water partition coefficient (Wildman–Crippen LogP) is 2.79. The van der Waals surface area contributed by atoms with Crippen LogP contribution in [0.2, 0.25) is 0 Å². The molecule has 182 valence electrons. The summed E-state index contributed by atoms with van der Waals surface area (Å²) in [6.07, 6.45) is 2.50. The Labute approximate surface area is 201 Å². The number of nitrogen functional groups attached to an aromatic ring is 1. The Hall–Kier alpha value is -4.74. The topological polar surface area (TPSA) is 124 Å². The number of nitrogens with one attached hydrogen (secondary N) is 1. The Morgan fingerprint density at radius 2 is 2.06 bits per heavy atom. The number of aromatic nitrogens is 5. The molecule has 3 aromatic heterocycles. The highest BCUT2D eigenvalue weighted by Gasteiger charge is 2.25. The standard InChI is InChI=1S/C24H19F2N7O3/c1-32(10-13-11-35-19-7-12(27)5-6-18(19)36-13)24-28-8-14-21-15(9-29-31-21)23(34)33(22(14)30-24)17-4-2-3-16(25)20(17)26/h2-9,13H,10-11,27H2,1H3,(H,29,31). The molecule has 1 atom stereocenters. The molecule has 0 radical (unpaired) electrons. The van der Waals surface area contributed by atoms with E-state index < -0.39 is 17.2 Å². The van der Waals surface area contributed by atoms with E-state index >= 15 is 0 Å². The van der Waals surface area contributed by atoms with Crippen molar-refractivity contribution in [3.05, 3.63) is 70.8 Å². The summed E-state index contributed by atoms with van der Waals surface area (Å²) < 4.78 is 41.7. The monoisotopic (exact) mass is 491 g/mol. The van der Waals surface area contributed by atoms with Crippen LogP contribution in [0.4, 0.5) is 20.4 Å². The third-order valence-electron chi connectivity index (χ3n) is 5.99. The second-order valence-corrected chi connectivity index (χ2v) is 8.42. The maximum absolute atomic E-state index is 14.8. The molecule has 0 bridgehead atoms. The highest BCUT2D eigenvalue weighted by atomic mass is 19.2. The summed E-state index contributed by atoms with van der Waals surface area (Å²) in [4.78, 5) is 24.0. The van der Waals surface area contributed by atoms with Crippen LogP contribution in [0.5, 0.6) is 11.5 Å². The molecule has 36 heavy (non-hydrogen) atoms. The molecule has 10 nitrogen and oxygen atoms in total. The van der Waals surface area contributed by atoms with Gasteiger partial charge in [-0.25, -0.2) is 13.8 Å². The number of hydrogen-bond donors (Lipinski definition) is 2. The van der Waals surface area contributed by atoms with Crippen molar-refractivity contribution in [2.75, 3.05) is 30.8 Å². The molecule has 0 aliphatic carbocycles. The molecule has 4 heterocycles. The van der Waals surface area contributed by atoms with Crippen molar-refractivity contribution in [3.8, 4) is 17.2 Å². The zero-order valence-corrected chi connectivity index (χ0v) is 18.9. The lowest BCUT2D eigenvalue weighted by Gasteiger charge is -2.29. The Kier molecular flexibility index (Phi) is 4.95. The molecule has 0 saturated heterocycles. The number of aromatic amines is 1. The summed E-state index contributed by atoms with van der Waals surface area (Å²) in [5.41, 5.74) is 6.01. The predicted molar refractivity (Wildman–Crippen MR) is 129 cm³/mol. The van der Waals surface area contributed by atoms with Gasteiger partial charge in [-0.15, -0.1) is 0 Å². The van der Waals surface area contributed by atoms with Gasteiger partial charge < -0.3 is 20.1 Å². The number of fused-ring (bicyclic) bond motifs is 4. The third kappa shape index (κ3) is 3.45. The van der Waals surface area contributed by atoms with Gasteiger partial charge in [-0.2, -0.15) is 10.1 Å².